The summed E-state index contributed by atoms with van der Waals surface area (Å²) in [4.78, 5) is 11.9. The number of ether oxygens (including phenoxy) is 3. The summed E-state index contributed by atoms with van der Waals surface area (Å²) in [6.07, 6.45) is -5.61. The van der Waals surface area contributed by atoms with Crippen LogP contribution in [0, 0.1) is 0 Å². The summed E-state index contributed by atoms with van der Waals surface area (Å²) in [6.45, 7) is 3.41. The van der Waals surface area contributed by atoms with Crippen molar-refractivity contribution in [1.29, 1.82) is 0 Å². The zero-order valence-corrected chi connectivity index (χ0v) is 18.1. The van der Waals surface area contributed by atoms with Crippen LogP contribution < -0.4 is 10.6 Å². The van der Waals surface area contributed by atoms with Crippen LogP contribution in [0.15, 0.2) is 60.7 Å². The molecule has 0 amide bonds. The highest BCUT2D eigenvalue weighted by molar-refractivity contribution is 5.76. The molecule has 9 heteroatoms. The van der Waals surface area contributed by atoms with Crippen molar-refractivity contribution in [3.8, 4) is 0 Å². The Bertz CT molecular complexity index is 897. The second-order valence-corrected chi connectivity index (χ2v) is 7.97. The molecule has 4 atom stereocenters. The molecule has 2 aromatic rings. The second kappa shape index (κ2) is 9.58. The van der Waals surface area contributed by atoms with Crippen LogP contribution in [0.1, 0.15) is 31.0 Å². The van der Waals surface area contributed by atoms with Gasteiger partial charge in [0.25, 0.3) is 0 Å². The summed E-state index contributed by atoms with van der Waals surface area (Å²) in [7, 11) is 1.49. The number of carbonyl (C=O) groups is 1. The number of rotatable bonds is 8. The molecule has 1 fully saturated rings. The van der Waals surface area contributed by atoms with Gasteiger partial charge in [-0.3, -0.25) is 10.6 Å². The lowest BCUT2D eigenvalue weighted by Gasteiger charge is -2.34. The van der Waals surface area contributed by atoms with Crippen LogP contribution in [-0.2, 0) is 24.5 Å². The van der Waals surface area contributed by atoms with E-state index >= 15 is 0 Å². The summed E-state index contributed by atoms with van der Waals surface area (Å²) in [6, 6.07) is 17.9. The van der Waals surface area contributed by atoms with Crippen LogP contribution in [0.3, 0.4) is 0 Å². The van der Waals surface area contributed by atoms with Gasteiger partial charge in [-0.1, -0.05) is 60.7 Å². The van der Waals surface area contributed by atoms with Gasteiger partial charge >= 0.3 is 12.1 Å². The van der Waals surface area contributed by atoms with Gasteiger partial charge in [-0.15, -0.1) is 0 Å². The van der Waals surface area contributed by atoms with E-state index in [1.54, 1.807) is 6.92 Å². The molecule has 0 aliphatic carbocycles. The van der Waals surface area contributed by atoms with E-state index < -0.39 is 35.7 Å². The van der Waals surface area contributed by atoms with E-state index in [0.29, 0.717) is 0 Å². The molecule has 1 aliphatic heterocycles. The van der Waals surface area contributed by atoms with Gasteiger partial charge in [0.15, 0.2) is 0 Å². The molecule has 3 rings (SSSR count). The zero-order valence-electron chi connectivity index (χ0n) is 18.1. The Labute approximate surface area is 185 Å². The number of hydrogen-bond donors (Lipinski definition) is 2. The van der Waals surface area contributed by atoms with Crippen molar-refractivity contribution in [3.05, 3.63) is 71.8 Å². The fraction of sp³-hybridized carbons (Fsp3) is 0.435. The number of hydrogen-bond acceptors (Lipinski definition) is 6. The van der Waals surface area contributed by atoms with E-state index in [1.807, 2.05) is 67.6 Å². The molecular weight excluding hydrogens is 425 g/mol. The minimum absolute atomic E-state index is 0.224. The van der Waals surface area contributed by atoms with Crippen molar-refractivity contribution in [2.24, 2.45) is 0 Å². The van der Waals surface area contributed by atoms with Crippen molar-refractivity contribution >= 4 is 5.97 Å². The lowest BCUT2D eigenvalue weighted by molar-refractivity contribution is -0.226. The number of carbonyl (C=O) groups excluding carboxylic acids is 1. The SMILES string of the molecule is COCC(C)OCC1(OC(=O)C(F)(F)F)NC(c2ccccc2)C(C)(c2ccccc2)N1. The average Bonchev–Trinajstić information content (AvgIpc) is 3.07. The van der Waals surface area contributed by atoms with Crippen LogP contribution in [-0.4, -0.2) is 44.4 Å². The maximum atomic E-state index is 13.1. The highest BCUT2D eigenvalue weighted by atomic mass is 19.4. The fourth-order valence-electron chi connectivity index (χ4n) is 3.91. The Balaban J connectivity index is 2.03. The van der Waals surface area contributed by atoms with E-state index in [1.165, 1.54) is 7.11 Å². The van der Waals surface area contributed by atoms with E-state index in [2.05, 4.69) is 10.6 Å². The largest absolute Gasteiger partial charge is 0.491 e. The van der Waals surface area contributed by atoms with E-state index in [4.69, 9.17) is 14.2 Å². The van der Waals surface area contributed by atoms with Crippen LogP contribution in [0.25, 0.3) is 0 Å². The van der Waals surface area contributed by atoms with E-state index in [9.17, 15) is 18.0 Å². The number of benzene rings is 2. The lowest BCUT2D eigenvalue weighted by Crippen LogP contribution is -2.60. The third kappa shape index (κ3) is 5.29. The van der Waals surface area contributed by atoms with Crippen molar-refractivity contribution in [2.45, 2.75) is 43.6 Å². The Morgan fingerprint density at radius 2 is 1.69 bits per heavy atom. The van der Waals surface area contributed by atoms with Gasteiger partial charge in [0, 0.05) is 7.11 Å². The van der Waals surface area contributed by atoms with Crippen molar-refractivity contribution < 1.29 is 32.2 Å². The summed E-state index contributed by atoms with van der Waals surface area (Å²) in [5.41, 5.74) is 0.681. The molecule has 0 bridgehead atoms. The lowest BCUT2D eigenvalue weighted by atomic mass is 9.82. The summed E-state index contributed by atoms with van der Waals surface area (Å²) in [5, 5.41) is 6.22. The Kier molecular flexibility index (Phi) is 7.24. The molecule has 0 saturated carbocycles. The highest BCUT2D eigenvalue weighted by Crippen LogP contribution is 2.43. The molecule has 1 saturated heterocycles. The molecule has 1 aliphatic rings. The first-order chi connectivity index (χ1) is 15.1. The minimum atomic E-state index is -5.16. The fourth-order valence-corrected chi connectivity index (χ4v) is 3.91. The Morgan fingerprint density at radius 1 is 1.09 bits per heavy atom. The normalized spacial score (nSPS) is 26.6. The van der Waals surface area contributed by atoms with Crippen LogP contribution >= 0.6 is 0 Å². The van der Waals surface area contributed by atoms with Crippen molar-refractivity contribution in [1.82, 2.24) is 10.6 Å². The van der Waals surface area contributed by atoms with E-state index in [-0.39, 0.29) is 13.2 Å². The molecule has 174 valence electrons. The average molecular weight is 452 g/mol. The third-order valence-electron chi connectivity index (χ3n) is 5.39. The van der Waals surface area contributed by atoms with Crippen molar-refractivity contribution in [2.75, 3.05) is 20.3 Å². The molecule has 6 nitrogen and oxygen atoms in total. The smallest absolute Gasteiger partial charge is 0.421 e. The molecule has 2 N–H and O–H groups in total. The number of alkyl halides is 3. The highest BCUT2D eigenvalue weighted by Gasteiger charge is 2.57. The van der Waals surface area contributed by atoms with E-state index in [0.717, 1.165) is 11.1 Å². The number of nitrogens with one attached hydrogen (secondary N) is 2. The predicted molar refractivity (Wildman–Crippen MR) is 111 cm³/mol. The molecule has 0 radical (unpaired) electrons. The molecule has 32 heavy (non-hydrogen) atoms. The van der Waals surface area contributed by atoms with Crippen LogP contribution in [0.5, 0.6) is 0 Å². The summed E-state index contributed by atoms with van der Waals surface area (Å²) in [5.74, 6) is -4.25. The predicted octanol–water partition coefficient (Wildman–Crippen LogP) is 3.65. The molecular formula is C23H27F3N2O4. The topological polar surface area (TPSA) is 68.8 Å². The Morgan fingerprint density at radius 3 is 2.25 bits per heavy atom. The monoisotopic (exact) mass is 452 g/mol. The number of methoxy groups -OCH3 is 1. The van der Waals surface area contributed by atoms with Gasteiger partial charge < -0.3 is 14.2 Å². The van der Waals surface area contributed by atoms with Crippen molar-refractivity contribution in [3.63, 3.8) is 0 Å². The number of esters is 1. The minimum Gasteiger partial charge on any atom is -0.421 e. The first kappa shape index (κ1) is 24.2. The Hall–Kier alpha value is -2.46. The summed E-state index contributed by atoms with van der Waals surface area (Å²) < 4.78 is 55.2. The first-order valence-corrected chi connectivity index (χ1v) is 10.2. The van der Waals surface area contributed by atoms with Crippen LogP contribution in [0.2, 0.25) is 0 Å². The molecule has 0 aromatic heterocycles. The molecule has 4 unspecified atom stereocenters. The standard InChI is InChI=1S/C23H27F3N2O4/c1-16(14-30-3)31-15-22(32-20(29)23(24,25)26)27-19(17-10-6-4-7-11-17)21(2,28-22)18-12-8-5-9-13-18/h4-13,16,19,27-28H,14-15H2,1-3H3. The maximum absolute atomic E-state index is 13.1. The zero-order chi connectivity index (χ0) is 23.4. The molecule has 2 aromatic carbocycles. The van der Waals surface area contributed by atoms with Gasteiger partial charge in [-0.25, -0.2) is 4.79 Å². The van der Waals surface area contributed by atoms with Gasteiger partial charge in [0.2, 0.25) is 5.85 Å². The second-order valence-electron chi connectivity index (χ2n) is 7.97. The van der Waals surface area contributed by atoms with Gasteiger partial charge in [-0.2, -0.15) is 13.2 Å². The first-order valence-electron chi connectivity index (χ1n) is 10.2. The van der Waals surface area contributed by atoms with Gasteiger partial charge in [0.05, 0.1) is 24.3 Å². The quantitative estimate of drug-likeness (QED) is 0.596. The molecule has 0 spiro atoms. The maximum Gasteiger partial charge on any atom is 0.491 e. The molecule has 1 heterocycles. The van der Waals surface area contributed by atoms with Crippen LogP contribution in [0.4, 0.5) is 13.2 Å². The van der Waals surface area contributed by atoms with Gasteiger partial charge in [0.1, 0.15) is 6.61 Å². The third-order valence-corrected chi connectivity index (χ3v) is 5.39. The summed E-state index contributed by atoms with van der Waals surface area (Å²) >= 11 is 0. The number of halogens is 3. The van der Waals surface area contributed by atoms with Gasteiger partial charge in [-0.05, 0) is 25.0 Å².